The molecular weight excluding hydrogens is 354 g/mol. The summed E-state index contributed by atoms with van der Waals surface area (Å²) in [5.41, 5.74) is 2.72. The quantitative estimate of drug-likeness (QED) is 0.712. The lowest BCUT2D eigenvalue weighted by Gasteiger charge is -2.46. The van der Waals surface area contributed by atoms with Gasteiger partial charge in [-0.2, -0.15) is 0 Å². The van der Waals surface area contributed by atoms with Gasteiger partial charge in [-0.1, -0.05) is 42.5 Å². The molecule has 3 heterocycles. The lowest BCUT2D eigenvalue weighted by molar-refractivity contribution is -0.232. The van der Waals surface area contributed by atoms with Crippen molar-refractivity contribution in [2.75, 3.05) is 20.3 Å². The molecule has 3 unspecified atom stereocenters. The molecule has 6 nitrogen and oxygen atoms in total. The van der Waals surface area contributed by atoms with Gasteiger partial charge in [-0.3, -0.25) is 14.5 Å². The Labute approximate surface area is 162 Å². The molecule has 1 fully saturated rings. The monoisotopic (exact) mass is 375 g/mol. The van der Waals surface area contributed by atoms with Crippen LogP contribution in [0.5, 0.6) is 5.75 Å². The molecule has 142 valence electrons. The van der Waals surface area contributed by atoms with Crippen molar-refractivity contribution in [3.05, 3.63) is 78.0 Å². The van der Waals surface area contributed by atoms with Gasteiger partial charge in [0.1, 0.15) is 18.5 Å². The zero-order valence-electron chi connectivity index (χ0n) is 15.5. The van der Waals surface area contributed by atoms with Crippen molar-refractivity contribution in [3.63, 3.8) is 0 Å². The summed E-state index contributed by atoms with van der Waals surface area (Å²) in [5.74, 6) is 0.697. The van der Waals surface area contributed by atoms with Gasteiger partial charge >= 0.3 is 0 Å². The van der Waals surface area contributed by atoms with Gasteiger partial charge < -0.3 is 9.72 Å². The third kappa shape index (κ3) is 2.78. The Kier molecular flexibility index (Phi) is 4.15. The fourth-order valence-corrected chi connectivity index (χ4v) is 4.04. The van der Waals surface area contributed by atoms with Crippen LogP contribution in [0.4, 0.5) is 0 Å². The highest BCUT2D eigenvalue weighted by Gasteiger charge is 2.40. The molecule has 5 rings (SSSR count). The fraction of sp³-hybridized carbons (Fsp3) is 0.227. The predicted molar refractivity (Wildman–Crippen MR) is 106 cm³/mol. The number of rotatable bonds is 3. The van der Waals surface area contributed by atoms with Crippen molar-refractivity contribution in [2.45, 2.75) is 12.1 Å². The minimum absolute atomic E-state index is 0.0722. The Morgan fingerprint density at radius 1 is 1.18 bits per heavy atom. The first kappa shape index (κ1) is 17.0. The van der Waals surface area contributed by atoms with Crippen LogP contribution < -0.4 is 4.74 Å². The minimum atomic E-state index is -0.218. The predicted octanol–water partition coefficient (Wildman–Crippen LogP) is 3.50. The van der Waals surface area contributed by atoms with Crippen LogP contribution in [0, 0.1) is 0 Å². The van der Waals surface area contributed by atoms with E-state index in [1.807, 2.05) is 42.5 Å². The normalized spacial score (nSPS) is 23.8. The molecule has 28 heavy (non-hydrogen) atoms. The molecule has 3 aromatic rings. The van der Waals surface area contributed by atoms with Crippen molar-refractivity contribution in [1.29, 1.82) is 0 Å². The third-order valence-corrected chi connectivity index (χ3v) is 5.43. The first-order chi connectivity index (χ1) is 13.7. The fourth-order valence-electron chi connectivity index (χ4n) is 4.04. The molecule has 1 saturated heterocycles. The van der Waals surface area contributed by atoms with Crippen molar-refractivity contribution in [2.24, 2.45) is 0 Å². The summed E-state index contributed by atoms with van der Waals surface area (Å²) in [7, 11) is 1.66. The second-order valence-corrected chi connectivity index (χ2v) is 7.06. The van der Waals surface area contributed by atoms with E-state index < -0.39 is 0 Å². The number of methoxy groups -OCH3 is 1. The van der Waals surface area contributed by atoms with Crippen molar-refractivity contribution < 1.29 is 14.4 Å². The maximum atomic E-state index is 13.1. The van der Waals surface area contributed by atoms with Crippen LogP contribution in [-0.2, 0) is 4.84 Å². The van der Waals surface area contributed by atoms with Crippen LogP contribution >= 0.6 is 0 Å². The number of para-hydroxylation sites is 1. The molecule has 0 saturated carbocycles. The second-order valence-electron chi connectivity index (χ2n) is 7.06. The van der Waals surface area contributed by atoms with E-state index in [1.54, 1.807) is 13.3 Å². The highest BCUT2D eigenvalue weighted by molar-refractivity contribution is 6.06. The number of nitrogens with zero attached hydrogens (tertiary/aromatic N) is 2. The molecular formula is C22H21N3O3. The zero-order chi connectivity index (χ0) is 19.1. The Morgan fingerprint density at radius 2 is 2.00 bits per heavy atom. The molecule has 1 aromatic heterocycles. The molecule has 2 aliphatic heterocycles. The highest BCUT2D eigenvalue weighted by Crippen LogP contribution is 2.36. The number of benzene rings is 2. The number of ether oxygens (including phenoxy) is 1. The van der Waals surface area contributed by atoms with E-state index in [-0.39, 0.29) is 18.1 Å². The van der Waals surface area contributed by atoms with E-state index in [0.29, 0.717) is 12.2 Å². The van der Waals surface area contributed by atoms with Crippen LogP contribution in [-0.4, -0.2) is 47.3 Å². The number of fused-ring (bicyclic) bond motifs is 3. The first-order valence-electron chi connectivity index (χ1n) is 9.34. The van der Waals surface area contributed by atoms with Gasteiger partial charge in [0.15, 0.2) is 0 Å². The molecule has 0 spiro atoms. The molecule has 2 aromatic carbocycles. The Hall–Kier alpha value is -3.09. The summed E-state index contributed by atoms with van der Waals surface area (Å²) >= 11 is 0. The lowest BCUT2D eigenvalue weighted by atomic mass is 9.96. The van der Waals surface area contributed by atoms with Crippen molar-refractivity contribution in [3.8, 4) is 5.75 Å². The van der Waals surface area contributed by atoms with Gasteiger partial charge in [0.2, 0.25) is 0 Å². The van der Waals surface area contributed by atoms with Crippen molar-refractivity contribution >= 4 is 16.8 Å². The number of carbonyl (C=O) groups is 1. The lowest BCUT2D eigenvalue weighted by Crippen LogP contribution is -2.55. The molecule has 1 N–H and O–H groups in total. The molecule has 3 atom stereocenters. The van der Waals surface area contributed by atoms with Crippen LogP contribution in [0.1, 0.15) is 22.0 Å². The van der Waals surface area contributed by atoms with Crippen molar-refractivity contribution in [1.82, 2.24) is 14.9 Å². The molecule has 1 amide bonds. The van der Waals surface area contributed by atoms with E-state index in [4.69, 9.17) is 9.57 Å². The average Bonchev–Trinajstić information content (AvgIpc) is 3.16. The van der Waals surface area contributed by atoms with Crippen LogP contribution in [0.25, 0.3) is 10.9 Å². The van der Waals surface area contributed by atoms with E-state index in [0.717, 1.165) is 28.8 Å². The van der Waals surface area contributed by atoms with E-state index in [2.05, 4.69) is 28.1 Å². The van der Waals surface area contributed by atoms with Gasteiger partial charge in [-0.25, -0.2) is 5.06 Å². The SMILES string of the molecule is COc1ccc(C2C3C=CCN2CN(C(=O)c2c[nH]c4ccccc24)O3)cc1. The smallest absolute Gasteiger partial charge is 0.280 e. The average molecular weight is 375 g/mol. The number of hydrogen-bond donors (Lipinski definition) is 1. The van der Waals surface area contributed by atoms with Gasteiger partial charge in [0, 0.05) is 23.6 Å². The topological polar surface area (TPSA) is 57.8 Å². The van der Waals surface area contributed by atoms with Gasteiger partial charge in [-0.05, 0) is 23.8 Å². The number of hydroxylamine groups is 2. The summed E-state index contributed by atoms with van der Waals surface area (Å²) in [5, 5.41) is 2.38. The molecule has 6 heteroatoms. The standard InChI is InChI=1S/C22H21N3O3/c1-27-16-10-8-15(9-11-16)21-20-7-4-12-24(21)14-25(28-20)22(26)18-13-23-19-6-3-2-5-17(18)19/h2-11,13,20-21,23H,12,14H2,1H3. The van der Waals surface area contributed by atoms with Crippen LogP contribution in [0.15, 0.2) is 66.9 Å². The summed E-state index contributed by atoms with van der Waals surface area (Å²) < 4.78 is 5.26. The largest absolute Gasteiger partial charge is 0.497 e. The second kappa shape index (κ2) is 6.82. The Bertz CT molecular complexity index is 1040. The van der Waals surface area contributed by atoms with Crippen LogP contribution in [0.2, 0.25) is 0 Å². The Morgan fingerprint density at radius 3 is 2.79 bits per heavy atom. The van der Waals surface area contributed by atoms with Gasteiger partial charge in [0.05, 0.1) is 18.7 Å². The number of aromatic nitrogens is 1. The van der Waals surface area contributed by atoms with E-state index in [9.17, 15) is 4.79 Å². The highest BCUT2D eigenvalue weighted by atomic mass is 16.7. The molecule has 0 radical (unpaired) electrons. The summed E-state index contributed by atoms with van der Waals surface area (Å²) in [6.07, 6.45) is 5.68. The summed E-state index contributed by atoms with van der Waals surface area (Å²) in [4.78, 5) is 24.7. The number of H-pyrrole nitrogens is 1. The number of carbonyl (C=O) groups excluding carboxylic acids is 1. The minimum Gasteiger partial charge on any atom is -0.497 e. The molecule has 2 bridgehead atoms. The molecule has 2 aliphatic rings. The summed E-state index contributed by atoms with van der Waals surface area (Å²) in [6, 6.07) is 15.9. The van der Waals surface area contributed by atoms with E-state index in [1.165, 1.54) is 5.06 Å². The molecule has 0 aliphatic carbocycles. The number of hydrogen-bond acceptors (Lipinski definition) is 4. The van der Waals surface area contributed by atoms with Gasteiger partial charge in [0.25, 0.3) is 5.91 Å². The number of aromatic amines is 1. The third-order valence-electron chi connectivity index (χ3n) is 5.43. The maximum Gasteiger partial charge on any atom is 0.280 e. The van der Waals surface area contributed by atoms with E-state index >= 15 is 0 Å². The maximum absolute atomic E-state index is 13.1. The number of nitrogens with one attached hydrogen (secondary N) is 1. The van der Waals surface area contributed by atoms with Gasteiger partial charge in [-0.15, -0.1) is 0 Å². The Balaban J connectivity index is 1.42. The summed E-state index contributed by atoms with van der Waals surface area (Å²) in [6.45, 7) is 1.18. The van der Waals surface area contributed by atoms with Crippen LogP contribution in [0.3, 0.4) is 0 Å². The first-order valence-corrected chi connectivity index (χ1v) is 9.34. The zero-order valence-corrected chi connectivity index (χ0v) is 15.5. The number of amides is 1.